The standard InChI is InChI=1S/C17H23NO/c1-5-19-16-8-6-14(7-9-16)18-15-10-13(2)11-17(3,4)12-15/h6-10H,5,11-12H2,1-4H3/b18-15+. The molecule has 0 aromatic heterocycles. The summed E-state index contributed by atoms with van der Waals surface area (Å²) in [6.45, 7) is 9.48. The van der Waals surface area contributed by atoms with Crippen molar-refractivity contribution in [1.82, 2.24) is 0 Å². The summed E-state index contributed by atoms with van der Waals surface area (Å²) in [6.07, 6.45) is 4.43. The summed E-state index contributed by atoms with van der Waals surface area (Å²) in [6, 6.07) is 7.99. The van der Waals surface area contributed by atoms with Crippen LogP contribution in [0.15, 0.2) is 40.9 Å². The van der Waals surface area contributed by atoms with Gasteiger partial charge in [0, 0.05) is 5.71 Å². The second-order valence-electron chi connectivity index (χ2n) is 6.04. The molecule has 0 amide bonds. The Bertz CT molecular complexity index is 494. The monoisotopic (exact) mass is 257 g/mol. The van der Waals surface area contributed by atoms with Crippen LogP contribution in [0.2, 0.25) is 0 Å². The highest BCUT2D eigenvalue weighted by atomic mass is 16.5. The van der Waals surface area contributed by atoms with Gasteiger partial charge in [-0.1, -0.05) is 19.4 Å². The highest BCUT2D eigenvalue weighted by molar-refractivity contribution is 5.98. The van der Waals surface area contributed by atoms with Crippen LogP contribution in [0.25, 0.3) is 0 Å². The van der Waals surface area contributed by atoms with Gasteiger partial charge in [0.05, 0.1) is 12.3 Å². The van der Waals surface area contributed by atoms with Gasteiger partial charge < -0.3 is 4.74 Å². The number of allylic oxidation sites excluding steroid dienone is 2. The zero-order chi connectivity index (χ0) is 13.9. The fourth-order valence-corrected chi connectivity index (χ4v) is 2.72. The average molecular weight is 257 g/mol. The SMILES string of the molecule is CCOc1ccc(/N=C2\C=C(C)CC(C)(C)C2)cc1. The van der Waals surface area contributed by atoms with E-state index in [1.165, 1.54) is 11.3 Å². The Morgan fingerprint density at radius 2 is 1.84 bits per heavy atom. The van der Waals surface area contributed by atoms with Gasteiger partial charge in [0.25, 0.3) is 0 Å². The molecule has 0 saturated heterocycles. The van der Waals surface area contributed by atoms with Gasteiger partial charge in [-0.3, -0.25) is 4.99 Å². The average Bonchev–Trinajstić information content (AvgIpc) is 2.29. The van der Waals surface area contributed by atoms with Crippen LogP contribution in [0.5, 0.6) is 5.75 Å². The Kier molecular flexibility index (Phi) is 4.08. The molecule has 2 rings (SSSR count). The van der Waals surface area contributed by atoms with E-state index in [0.717, 1.165) is 24.3 Å². The van der Waals surface area contributed by atoms with E-state index in [2.05, 4.69) is 26.8 Å². The van der Waals surface area contributed by atoms with Gasteiger partial charge in [-0.2, -0.15) is 0 Å². The van der Waals surface area contributed by atoms with Crippen LogP contribution in [-0.2, 0) is 0 Å². The summed E-state index contributed by atoms with van der Waals surface area (Å²) in [5.74, 6) is 0.905. The Hall–Kier alpha value is -1.57. The number of hydrogen-bond donors (Lipinski definition) is 0. The van der Waals surface area contributed by atoms with Crippen LogP contribution in [0.1, 0.15) is 40.5 Å². The molecule has 19 heavy (non-hydrogen) atoms. The Balaban J connectivity index is 2.18. The van der Waals surface area contributed by atoms with Crippen LogP contribution < -0.4 is 4.74 Å². The minimum atomic E-state index is 0.322. The fraction of sp³-hybridized carbons (Fsp3) is 0.471. The molecule has 0 atom stereocenters. The lowest BCUT2D eigenvalue weighted by molar-refractivity contribution is 0.340. The molecular formula is C17H23NO. The fourth-order valence-electron chi connectivity index (χ4n) is 2.72. The summed E-state index contributed by atoms with van der Waals surface area (Å²) in [4.78, 5) is 4.75. The van der Waals surface area contributed by atoms with Crippen molar-refractivity contribution in [3.8, 4) is 5.75 Å². The summed E-state index contributed by atoms with van der Waals surface area (Å²) >= 11 is 0. The third-order valence-corrected chi connectivity index (χ3v) is 3.25. The molecule has 1 aliphatic rings. The summed E-state index contributed by atoms with van der Waals surface area (Å²) in [5, 5.41) is 0. The minimum Gasteiger partial charge on any atom is -0.494 e. The Labute approximate surface area is 116 Å². The normalized spacial score (nSPS) is 20.2. The quantitative estimate of drug-likeness (QED) is 0.752. The third-order valence-electron chi connectivity index (χ3n) is 3.25. The van der Waals surface area contributed by atoms with Crippen molar-refractivity contribution in [3.63, 3.8) is 0 Å². The van der Waals surface area contributed by atoms with Crippen molar-refractivity contribution in [1.29, 1.82) is 0 Å². The maximum atomic E-state index is 5.44. The van der Waals surface area contributed by atoms with E-state index in [9.17, 15) is 0 Å². The van der Waals surface area contributed by atoms with E-state index in [0.29, 0.717) is 12.0 Å². The lowest BCUT2D eigenvalue weighted by Crippen LogP contribution is -2.21. The number of benzene rings is 1. The van der Waals surface area contributed by atoms with E-state index in [1.807, 2.05) is 31.2 Å². The molecule has 0 bridgehead atoms. The molecule has 0 saturated carbocycles. The van der Waals surface area contributed by atoms with Gasteiger partial charge in [0.15, 0.2) is 0 Å². The van der Waals surface area contributed by atoms with E-state index in [1.54, 1.807) is 0 Å². The molecule has 2 nitrogen and oxygen atoms in total. The number of hydrogen-bond acceptors (Lipinski definition) is 2. The van der Waals surface area contributed by atoms with Gasteiger partial charge in [-0.05, 0) is 62.4 Å². The topological polar surface area (TPSA) is 21.6 Å². The van der Waals surface area contributed by atoms with Crippen LogP contribution in [0.3, 0.4) is 0 Å². The lowest BCUT2D eigenvalue weighted by atomic mass is 9.77. The Morgan fingerprint density at radius 1 is 1.16 bits per heavy atom. The smallest absolute Gasteiger partial charge is 0.119 e. The second kappa shape index (κ2) is 5.60. The van der Waals surface area contributed by atoms with Crippen molar-refractivity contribution in [3.05, 3.63) is 35.9 Å². The van der Waals surface area contributed by atoms with E-state index >= 15 is 0 Å². The van der Waals surface area contributed by atoms with Crippen molar-refractivity contribution in [2.45, 2.75) is 40.5 Å². The number of rotatable bonds is 3. The van der Waals surface area contributed by atoms with Crippen LogP contribution in [-0.4, -0.2) is 12.3 Å². The first kappa shape index (κ1) is 13.9. The second-order valence-corrected chi connectivity index (χ2v) is 6.04. The molecule has 1 aromatic rings. The molecule has 1 aromatic carbocycles. The molecule has 0 unspecified atom stereocenters. The van der Waals surface area contributed by atoms with Crippen molar-refractivity contribution >= 4 is 11.4 Å². The Morgan fingerprint density at radius 3 is 2.42 bits per heavy atom. The van der Waals surface area contributed by atoms with Crippen LogP contribution in [0.4, 0.5) is 5.69 Å². The number of aliphatic imine (C=N–C) groups is 1. The van der Waals surface area contributed by atoms with Gasteiger partial charge in [0.1, 0.15) is 5.75 Å². The molecule has 0 N–H and O–H groups in total. The van der Waals surface area contributed by atoms with Crippen molar-refractivity contribution in [2.75, 3.05) is 6.61 Å². The molecular weight excluding hydrogens is 234 g/mol. The number of nitrogens with zero attached hydrogens (tertiary/aromatic N) is 1. The van der Waals surface area contributed by atoms with Crippen LogP contribution in [0, 0.1) is 5.41 Å². The first-order valence-electron chi connectivity index (χ1n) is 6.96. The van der Waals surface area contributed by atoms with Crippen molar-refractivity contribution < 1.29 is 4.74 Å². The zero-order valence-electron chi connectivity index (χ0n) is 12.4. The van der Waals surface area contributed by atoms with Crippen LogP contribution >= 0.6 is 0 Å². The van der Waals surface area contributed by atoms with E-state index in [-0.39, 0.29) is 0 Å². The molecule has 2 heteroatoms. The predicted molar refractivity (Wildman–Crippen MR) is 81.5 cm³/mol. The highest BCUT2D eigenvalue weighted by Crippen LogP contribution is 2.34. The van der Waals surface area contributed by atoms with Gasteiger partial charge in [0.2, 0.25) is 0 Å². The molecule has 0 heterocycles. The first-order valence-corrected chi connectivity index (χ1v) is 6.96. The molecule has 0 aliphatic heterocycles. The minimum absolute atomic E-state index is 0.322. The largest absolute Gasteiger partial charge is 0.494 e. The van der Waals surface area contributed by atoms with Gasteiger partial charge in [-0.15, -0.1) is 0 Å². The highest BCUT2D eigenvalue weighted by Gasteiger charge is 2.24. The maximum Gasteiger partial charge on any atom is 0.119 e. The number of ether oxygens (including phenoxy) is 1. The molecule has 102 valence electrons. The lowest BCUT2D eigenvalue weighted by Gasteiger charge is -2.29. The predicted octanol–water partition coefficient (Wildman–Crippen LogP) is 4.92. The van der Waals surface area contributed by atoms with Crippen molar-refractivity contribution in [2.24, 2.45) is 10.4 Å². The summed E-state index contributed by atoms with van der Waals surface area (Å²) < 4.78 is 5.44. The van der Waals surface area contributed by atoms with Gasteiger partial charge >= 0.3 is 0 Å². The molecule has 0 spiro atoms. The molecule has 0 radical (unpaired) electrons. The maximum absolute atomic E-state index is 5.44. The third kappa shape index (κ3) is 3.95. The van der Waals surface area contributed by atoms with Gasteiger partial charge in [-0.25, -0.2) is 0 Å². The van der Waals surface area contributed by atoms with E-state index in [4.69, 9.17) is 9.73 Å². The molecule has 1 aliphatic carbocycles. The summed E-state index contributed by atoms with van der Waals surface area (Å²) in [7, 11) is 0. The summed E-state index contributed by atoms with van der Waals surface area (Å²) in [5.41, 5.74) is 3.92. The first-order chi connectivity index (χ1) is 8.98. The molecule has 0 fully saturated rings. The zero-order valence-corrected chi connectivity index (χ0v) is 12.4. The van der Waals surface area contributed by atoms with E-state index < -0.39 is 0 Å².